The number of hydrogen-bond acceptors (Lipinski definition) is 15. The van der Waals surface area contributed by atoms with Crippen molar-refractivity contribution in [3.05, 3.63) is 0 Å². The molecule has 0 fully saturated rings. The molecular formula is C70H136O17P2. The van der Waals surface area contributed by atoms with Crippen LogP contribution in [0.1, 0.15) is 362 Å². The van der Waals surface area contributed by atoms with Gasteiger partial charge in [-0.25, -0.2) is 9.13 Å². The highest BCUT2D eigenvalue weighted by Gasteiger charge is 2.30. The fourth-order valence-electron chi connectivity index (χ4n) is 10.6. The first-order valence-electron chi connectivity index (χ1n) is 36.6. The lowest BCUT2D eigenvalue weighted by Gasteiger charge is -2.21. The van der Waals surface area contributed by atoms with E-state index in [-0.39, 0.29) is 25.7 Å². The summed E-state index contributed by atoms with van der Waals surface area (Å²) in [6, 6.07) is 0. The molecule has 17 nitrogen and oxygen atoms in total. The molecule has 0 spiro atoms. The normalized spacial score (nSPS) is 14.1. The number of rotatable bonds is 70. The molecule has 0 aliphatic heterocycles. The molecule has 0 aliphatic carbocycles. The average molecular weight is 1310 g/mol. The first-order valence-corrected chi connectivity index (χ1v) is 39.6. The zero-order valence-electron chi connectivity index (χ0n) is 57.6. The van der Waals surface area contributed by atoms with Gasteiger partial charge in [-0.15, -0.1) is 0 Å². The van der Waals surface area contributed by atoms with E-state index in [2.05, 4.69) is 34.6 Å². The quantitative estimate of drug-likeness (QED) is 0.0222. The number of unbranched alkanes of at least 4 members (excludes halogenated alkanes) is 42. The molecule has 0 aromatic carbocycles. The van der Waals surface area contributed by atoms with Crippen LogP contribution in [0.25, 0.3) is 0 Å². The first-order chi connectivity index (χ1) is 43.0. The summed E-state index contributed by atoms with van der Waals surface area (Å²) >= 11 is 0. The monoisotopic (exact) mass is 1310 g/mol. The van der Waals surface area contributed by atoms with Gasteiger partial charge in [-0.2, -0.15) is 0 Å². The van der Waals surface area contributed by atoms with Gasteiger partial charge in [0.25, 0.3) is 0 Å². The molecule has 0 heterocycles. The summed E-state index contributed by atoms with van der Waals surface area (Å²) in [5.41, 5.74) is 0. The lowest BCUT2D eigenvalue weighted by molar-refractivity contribution is -0.161. The second-order valence-corrected chi connectivity index (χ2v) is 28.7. The Morgan fingerprint density at radius 3 is 0.764 bits per heavy atom. The number of carbonyl (C=O) groups is 4. The van der Waals surface area contributed by atoms with Crippen LogP contribution in [0.4, 0.5) is 0 Å². The zero-order chi connectivity index (χ0) is 65.6. The predicted octanol–water partition coefficient (Wildman–Crippen LogP) is 20.1. The largest absolute Gasteiger partial charge is 0.472 e. The number of aliphatic hydroxyl groups excluding tert-OH is 1. The Balaban J connectivity index is 5.09. The van der Waals surface area contributed by atoms with Crippen molar-refractivity contribution < 1.29 is 80.2 Å². The summed E-state index contributed by atoms with van der Waals surface area (Å²) in [4.78, 5) is 72.1. The molecule has 0 bridgehead atoms. The summed E-state index contributed by atoms with van der Waals surface area (Å²) in [5, 5.41) is 10.5. The summed E-state index contributed by atoms with van der Waals surface area (Å²) in [6.45, 7) is 7.14. The Morgan fingerprint density at radius 2 is 0.517 bits per heavy atom. The Kier molecular flexibility index (Phi) is 62.1. The van der Waals surface area contributed by atoms with E-state index in [1.807, 2.05) is 0 Å². The van der Waals surface area contributed by atoms with Crippen LogP contribution in [0.3, 0.4) is 0 Å². The highest BCUT2D eigenvalue weighted by Crippen LogP contribution is 2.45. The van der Waals surface area contributed by atoms with Gasteiger partial charge in [0.2, 0.25) is 0 Å². The van der Waals surface area contributed by atoms with Crippen LogP contribution in [-0.4, -0.2) is 96.7 Å². The van der Waals surface area contributed by atoms with Gasteiger partial charge in [-0.1, -0.05) is 311 Å². The van der Waals surface area contributed by atoms with Gasteiger partial charge in [0.1, 0.15) is 19.3 Å². The Hall–Kier alpha value is -1.94. The van der Waals surface area contributed by atoms with Crippen molar-refractivity contribution in [2.24, 2.45) is 5.92 Å². The Labute approximate surface area is 543 Å². The van der Waals surface area contributed by atoms with Crippen LogP contribution < -0.4 is 0 Å². The molecule has 0 aromatic rings. The first kappa shape index (κ1) is 87.1. The number of ether oxygens (including phenoxy) is 4. The van der Waals surface area contributed by atoms with Crippen molar-refractivity contribution in [2.45, 2.75) is 380 Å². The van der Waals surface area contributed by atoms with Gasteiger partial charge in [0.15, 0.2) is 12.2 Å². The van der Waals surface area contributed by atoms with E-state index >= 15 is 0 Å². The zero-order valence-corrected chi connectivity index (χ0v) is 59.4. The summed E-state index contributed by atoms with van der Waals surface area (Å²) in [5.74, 6) is -1.33. The minimum Gasteiger partial charge on any atom is -0.462 e. The van der Waals surface area contributed by atoms with Crippen LogP contribution in [0, 0.1) is 5.92 Å². The standard InChI is InChI=1S/C70H136O17P2/c1-6-9-12-15-17-18-19-20-21-22-23-27-30-33-36-40-44-49-54-68(73)81-60-66(87-70(75)56-51-46-41-37-34-31-28-25-24-26-29-32-35-39-43-47-52-63(4)5)62-85-89(78,79)83-58-64(71)57-82-88(76,77)84-61-65(59-80-67(72)53-48-42-14-11-8-3)86-69(74)55-50-45-38-16-13-10-7-2/h63-66,71H,6-62H2,1-5H3,(H,76,77)(H,78,79)/t64-,65+,66+/m0/s1. The summed E-state index contributed by atoms with van der Waals surface area (Å²) < 4.78 is 67.9. The second kappa shape index (κ2) is 63.5. The third-order valence-electron chi connectivity index (χ3n) is 16.3. The molecule has 0 amide bonds. The Morgan fingerprint density at radius 1 is 0.303 bits per heavy atom. The van der Waals surface area contributed by atoms with Gasteiger partial charge < -0.3 is 33.8 Å². The molecule has 19 heteroatoms. The minimum atomic E-state index is -4.95. The SMILES string of the molecule is CCCCCCCCCCCCCCCCCCCCC(=O)OC[C@H](COP(=O)(O)OC[C@@H](O)COP(=O)(O)OC[C@@H](COC(=O)CCCCCCC)OC(=O)CCCCCCCCC)OC(=O)CCCCCCCCCCCCCCCCCCC(C)C. The fraction of sp³-hybridized carbons (Fsp3) is 0.943. The minimum absolute atomic E-state index is 0.103. The molecule has 0 saturated heterocycles. The van der Waals surface area contributed by atoms with Crippen LogP contribution in [0.2, 0.25) is 0 Å². The van der Waals surface area contributed by atoms with Crippen molar-refractivity contribution >= 4 is 39.5 Å². The van der Waals surface area contributed by atoms with E-state index in [4.69, 9.17) is 37.0 Å². The average Bonchev–Trinajstić information content (AvgIpc) is 3.67. The Bertz CT molecular complexity index is 1720. The van der Waals surface area contributed by atoms with Crippen molar-refractivity contribution in [3.63, 3.8) is 0 Å². The number of aliphatic hydroxyl groups is 1. The number of carbonyl (C=O) groups excluding carboxylic acids is 4. The lowest BCUT2D eigenvalue weighted by Crippen LogP contribution is -2.30. The molecule has 2 unspecified atom stereocenters. The smallest absolute Gasteiger partial charge is 0.462 e. The predicted molar refractivity (Wildman–Crippen MR) is 358 cm³/mol. The molecule has 0 aromatic heterocycles. The van der Waals surface area contributed by atoms with E-state index in [0.717, 1.165) is 115 Å². The van der Waals surface area contributed by atoms with E-state index in [9.17, 15) is 43.2 Å². The van der Waals surface area contributed by atoms with Crippen LogP contribution >= 0.6 is 15.6 Å². The number of phosphoric acid groups is 2. The molecule has 0 saturated carbocycles. The van der Waals surface area contributed by atoms with E-state index in [1.54, 1.807) is 0 Å². The molecule has 0 radical (unpaired) electrons. The van der Waals surface area contributed by atoms with Crippen molar-refractivity contribution in [3.8, 4) is 0 Å². The van der Waals surface area contributed by atoms with Gasteiger partial charge in [0.05, 0.1) is 26.4 Å². The summed E-state index contributed by atoms with van der Waals surface area (Å²) in [7, 11) is -9.88. The van der Waals surface area contributed by atoms with Crippen LogP contribution in [-0.2, 0) is 65.4 Å². The topological polar surface area (TPSA) is 237 Å². The molecule has 5 atom stereocenters. The highest BCUT2D eigenvalue weighted by atomic mass is 31.2. The maximum atomic E-state index is 13.0. The molecular weight excluding hydrogens is 1170 g/mol. The number of phosphoric ester groups is 2. The molecule has 0 rings (SSSR count). The third-order valence-corrected chi connectivity index (χ3v) is 18.2. The lowest BCUT2D eigenvalue weighted by atomic mass is 10.0. The summed E-state index contributed by atoms with van der Waals surface area (Å²) in [6.07, 6.45) is 50.7. The van der Waals surface area contributed by atoms with E-state index in [0.29, 0.717) is 25.7 Å². The fourth-order valence-corrected chi connectivity index (χ4v) is 12.2. The van der Waals surface area contributed by atoms with Gasteiger partial charge in [0, 0.05) is 25.7 Å². The number of hydrogen-bond donors (Lipinski definition) is 3. The maximum Gasteiger partial charge on any atom is 0.472 e. The molecule has 3 N–H and O–H groups in total. The van der Waals surface area contributed by atoms with Gasteiger partial charge >= 0.3 is 39.5 Å². The van der Waals surface area contributed by atoms with E-state index < -0.39 is 97.5 Å². The van der Waals surface area contributed by atoms with Crippen molar-refractivity contribution in [2.75, 3.05) is 39.6 Å². The maximum absolute atomic E-state index is 13.0. The third kappa shape index (κ3) is 64.6. The van der Waals surface area contributed by atoms with Crippen LogP contribution in [0.5, 0.6) is 0 Å². The van der Waals surface area contributed by atoms with Gasteiger partial charge in [-0.3, -0.25) is 37.3 Å². The molecule has 0 aliphatic rings. The van der Waals surface area contributed by atoms with E-state index in [1.165, 1.54) is 167 Å². The second-order valence-electron chi connectivity index (χ2n) is 25.7. The molecule has 528 valence electrons. The van der Waals surface area contributed by atoms with Crippen molar-refractivity contribution in [1.29, 1.82) is 0 Å². The van der Waals surface area contributed by atoms with Crippen molar-refractivity contribution in [1.82, 2.24) is 0 Å². The van der Waals surface area contributed by atoms with Crippen LogP contribution in [0.15, 0.2) is 0 Å². The van der Waals surface area contributed by atoms with Gasteiger partial charge in [-0.05, 0) is 31.6 Å². The number of esters is 4. The highest BCUT2D eigenvalue weighted by molar-refractivity contribution is 7.47. The molecule has 89 heavy (non-hydrogen) atoms.